The molecule has 0 aliphatic rings. The summed E-state index contributed by atoms with van der Waals surface area (Å²) >= 11 is 0. The van der Waals surface area contributed by atoms with Crippen molar-refractivity contribution in [1.29, 1.82) is 0 Å². The first-order chi connectivity index (χ1) is 11.0. The predicted molar refractivity (Wildman–Crippen MR) is 85.0 cm³/mol. The van der Waals surface area contributed by atoms with Crippen LogP contribution in [0.1, 0.15) is 29.8 Å². The summed E-state index contributed by atoms with van der Waals surface area (Å²) in [5, 5.41) is 11.1. The van der Waals surface area contributed by atoms with Gasteiger partial charge in [-0.3, -0.25) is 10.1 Å². The Morgan fingerprint density at radius 2 is 1.83 bits per heavy atom. The lowest BCUT2D eigenvalue weighted by molar-refractivity contribution is -0.385. The number of nitrogens with zero attached hydrogens (tertiary/aromatic N) is 1. The summed E-state index contributed by atoms with van der Waals surface area (Å²) in [6, 6.07) is 11.1. The highest BCUT2D eigenvalue weighted by atomic mass is 16.6. The Kier molecular flexibility index (Phi) is 5.30. The number of aryl methyl sites for hydroxylation is 1. The number of benzene rings is 2. The summed E-state index contributed by atoms with van der Waals surface area (Å²) in [5.41, 5.74) is 0.962. The maximum Gasteiger partial charge on any atom is 0.343 e. The average Bonchev–Trinajstić information content (AvgIpc) is 2.56. The Labute approximate surface area is 133 Å². The molecular weight excluding hydrogens is 298 g/mol. The Morgan fingerprint density at radius 3 is 2.39 bits per heavy atom. The lowest BCUT2D eigenvalue weighted by Crippen LogP contribution is -2.09. The van der Waals surface area contributed by atoms with E-state index in [2.05, 4.69) is 0 Å². The van der Waals surface area contributed by atoms with E-state index in [-0.39, 0.29) is 17.0 Å². The zero-order valence-electron chi connectivity index (χ0n) is 12.9. The molecule has 0 bridgehead atoms. The van der Waals surface area contributed by atoms with E-state index in [4.69, 9.17) is 9.47 Å². The molecule has 0 aliphatic heterocycles. The van der Waals surface area contributed by atoms with Crippen molar-refractivity contribution in [2.75, 3.05) is 6.61 Å². The summed E-state index contributed by atoms with van der Waals surface area (Å²) in [6.07, 6.45) is 0.888. The molecule has 0 amide bonds. The molecule has 6 heteroatoms. The summed E-state index contributed by atoms with van der Waals surface area (Å²) in [4.78, 5) is 22.6. The van der Waals surface area contributed by atoms with E-state index in [1.54, 1.807) is 19.1 Å². The molecule has 120 valence electrons. The van der Waals surface area contributed by atoms with Gasteiger partial charge < -0.3 is 9.47 Å². The van der Waals surface area contributed by atoms with Crippen LogP contribution in [0.25, 0.3) is 0 Å². The summed E-state index contributed by atoms with van der Waals surface area (Å²) < 4.78 is 10.4. The number of nitro benzene ring substituents is 1. The summed E-state index contributed by atoms with van der Waals surface area (Å²) in [6.45, 7) is 4.06. The van der Waals surface area contributed by atoms with Gasteiger partial charge in [-0.15, -0.1) is 0 Å². The maximum atomic E-state index is 12.1. The van der Waals surface area contributed by atoms with Gasteiger partial charge in [0.1, 0.15) is 5.75 Å². The van der Waals surface area contributed by atoms with Crippen molar-refractivity contribution >= 4 is 11.7 Å². The van der Waals surface area contributed by atoms with Crippen LogP contribution in [0.5, 0.6) is 11.5 Å². The first-order valence-electron chi connectivity index (χ1n) is 7.27. The van der Waals surface area contributed by atoms with E-state index in [9.17, 15) is 14.9 Å². The zero-order valence-corrected chi connectivity index (χ0v) is 12.9. The van der Waals surface area contributed by atoms with E-state index >= 15 is 0 Å². The first kappa shape index (κ1) is 16.5. The number of nitro groups is 1. The van der Waals surface area contributed by atoms with Crippen LogP contribution in [-0.4, -0.2) is 17.5 Å². The van der Waals surface area contributed by atoms with Crippen LogP contribution in [0.3, 0.4) is 0 Å². The lowest BCUT2D eigenvalue weighted by atomic mass is 10.1. The van der Waals surface area contributed by atoms with Crippen LogP contribution >= 0.6 is 0 Å². The number of hydrogen-bond donors (Lipinski definition) is 0. The molecule has 0 N–H and O–H groups in total. The number of carbonyl (C=O) groups excluding carboxylic acids is 1. The van der Waals surface area contributed by atoms with E-state index in [1.807, 2.05) is 19.1 Å². The van der Waals surface area contributed by atoms with Crippen molar-refractivity contribution in [2.45, 2.75) is 20.3 Å². The highest BCUT2D eigenvalue weighted by Crippen LogP contribution is 2.28. The van der Waals surface area contributed by atoms with E-state index in [0.29, 0.717) is 12.4 Å². The Balaban J connectivity index is 2.21. The minimum Gasteiger partial charge on any atom is -0.487 e. The molecule has 2 aromatic rings. The monoisotopic (exact) mass is 315 g/mol. The van der Waals surface area contributed by atoms with Crippen LogP contribution < -0.4 is 9.47 Å². The number of rotatable bonds is 6. The first-order valence-corrected chi connectivity index (χ1v) is 7.27. The summed E-state index contributed by atoms with van der Waals surface area (Å²) in [7, 11) is 0. The molecule has 0 aliphatic carbocycles. The molecule has 2 rings (SSSR count). The van der Waals surface area contributed by atoms with Crippen LogP contribution in [0, 0.1) is 10.1 Å². The van der Waals surface area contributed by atoms with Gasteiger partial charge in [-0.25, -0.2) is 4.79 Å². The number of hydrogen-bond acceptors (Lipinski definition) is 5. The highest BCUT2D eigenvalue weighted by molar-refractivity contribution is 5.92. The van der Waals surface area contributed by atoms with Gasteiger partial charge in [0, 0.05) is 6.07 Å². The Bertz CT molecular complexity index is 709. The molecule has 0 spiro atoms. The van der Waals surface area contributed by atoms with Crippen molar-refractivity contribution in [1.82, 2.24) is 0 Å². The van der Waals surface area contributed by atoms with Crippen molar-refractivity contribution in [2.24, 2.45) is 0 Å². The number of ether oxygens (including phenoxy) is 2. The lowest BCUT2D eigenvalue weighted by Gasteiger charge is -2.07. The SMILES string of the molecule is CCOc1ccc(C(=O)Oc2ccc(CC)cc2)cc1[N+](=O)[O-]. The quantitative estimate of drug-likeness (QED) is 0.351. The van der Waals surface area contributed by atoms with Crippen molar-refractivity contribution < 1.29 is 19.2 Å². The van der Waals surface area contributed by atoms with Gasteiger partial charge in [-0.2, -0.15) is 0 Å². The van der Waals surface area contributed by atoms with Gasteiger partial charge >= 0.3 is 11.7 Å². The molecular formula is C17H17NO5. The molecule has 0 saturated heterocycles. The minimum absolute atomic E-state index is 0.0970. The van der Waals surface area contributed by atoms with Gasteiger partial charge in [0.05, 0.1) is 17.1 Å². The third-order valence-electron chi connectivity index (χ3n) is 3.23. The molecule has 0 aromatic heterocycles. The van der Waals surface area contributed by atoms with Crippen molar-refractivity contribution in [3.8, 4) is 11.5 Å². The molecule has 6 nitrogen and oxygen atoms in total. The second-order valence-corrected chi connectivity index (χ2v) is 4.76. The third-order valence-corrected chi connectivity index (χ3v) is 3.23. The third kappa shape index (κ3) is 4.06. The fourth-order valence-corrected chi connectivity index (χ4v) is 2.02. The smallest absolute Gasteiger partial charge is 0.343 e. The van der Waals surface area contributed by atoms with Crippen LogP contribution in [0.4, 0.5) is 5.69 Å². The van der Waals surface area contributed by atoms with Gasteiger partial charge in [0.25, 0.3) is 0 Å². The molecule has 0 fully saturated rings. The maximum absolute atomic E-state index is 12.1. The standard InChI is InChI=1S/C17H17NO5/c1-3-12-5-8-14(9-6-12)23-17(19)13-7-10-16(22-4-2)15(11-13)18(20)21/h5-11H,3-4H2,1-2H3. The summed E-state index contributed by atoms with van der Waals surface area (Å²) in [5.74, 6) is -0.134. The molecule has 0 atom stereocenters. The molecule has 2 aromatic carbocycles. The van der Waals surface area contributed by atoms with Crippen LogP contribution in [0.15, 0.2) is 42.5 Å². The van der Waals surface area contributed by atoms with Crippen LogP contribution in [0.2, 0.25) is 0 Å². The molecule has 0 heterocycles. The van der Waals surface area contributed by atoms with E-state index in [0.717, 1.165) is 18.1 Å². The van der Waals surface area contributed by atoms with Crippen LogP contribution in [-0.2, 0) is 6.42 Å². The predicted octanol–water partition coefficient (Wildman–Crippen LogP) is 3.78. The van der Waals surface area contributed by atoms with E-state index in [1.165, 1.54) is 12.1 Å². The fraction of sp³-hybridized carbons (Fsp3) is 0.235. The van der Waals surface area contributed by atoms with Gasteiger partial charge in [0.2, 0.25) is 0 Å². The molecule has 0 unspecified atom stereocenters. The molecule has 0 radical (unpaired) electrons. The molecule has 0 saturated carbocycles. The van der Waals surface area contributed by atoms with Crippen molar-refractivity contribution in [3.63, 3.8) is 0 Å². The van der Waals surface area contributed by atoms with Crippen molar-refractivity contribution in [3.05, 3.63) is 63.7 Å². The zero-order chi connectivity index (χ0) is 16.8. The van der Waals surface area contributed by atoms with Gasteiger partial charge in [-0.05, 0) is 43.2 Å². The van der Waals surface area contributed by atoms with Gasteiger partial charge in [0.15, 0.2) is 5.75 Å². The fourth-order valence-electron chi connectivity index (χ4n) is 2.02. The number of esters is 1. The highest BCUT2D eigenvalue weighted by Gasteiger charge is 2.19. The second-order valence-electron chi connectivity index (χ2n) is 4.76. The molecule has 23 heavy (non-hydrogen) atoms. The normalized spacial score (nSPS) is 10.2. The largest absolute Gasteiger partial charge is 0.487 e. The average molecular weight is 315 g/mol. The minimum atomic E-state index is -0.652. The van der Waals surface area contributed by atoms with Gasteiger partial charge in [-0.1, -0.05) is 19.1 Å². The Hall–Kier alpha value is -2.89. The topological polar surface area (TPSA) is 78.7 Å². The Morgan fingerprint density at radius 1 is 1.13 bits per heavy atom. The van der Waals surface area contributed by atoms with E-state index < -0.39 is 10.9 Å². The second kappa shape index (κ2) is 7.40. The number of carbonyl (C=O) groups is 1.